The van der Waals surface area contributed by atoms with Gasteiger partial charge in [-0.3, -0.25) is 4.79 Å². The van der Waals surface area contributed by atoms with Crippen LogP contribution < -0.4 is 10.2 Å². The molecule has 5 aromatic rings. The van der Waals surface area contributed by atoms with Gasteiger partial charge in [0.15, 0.2) is 5.43 Å². The fraction of sp³-hybridized carbons (Fsp3) is 0.125. The summed E-state index contributed by atoms with van der Waals surface area (Å²) < 4.78 is 9.16. The zero-order chi connectivity index (χ0) is 22.1. The number of aliphatic hydroxyl groups excluding tert-OH is 1. The lowest BCUT2D eigenvalue weighted by atomic mass is 10.1. The van der Waals surface area contributed by atoms with Crippen LogP contribution in [0.3, 0.4) is 0 Å². The van der Waals surface area contributed by atoms with E-state index in [4.69, 9.17) is 16.3 Å². The minimum atomic E-state index is -0.683. The van der Waals surface area contributed by atoms with Crippen LogP contribution in [0.4, 0.5) is 0 Å². The topological polar surface area (TPSA) is 77.2 Å². The van der Waals surface area contributed by atoms with Crippen molar-refractivity contribution >= 4 is 43.1 Å². The van der Waals surface area contributed by atoms with Crippen LogP contribution in [0.25, 0.3) is 20.2 Å². The van der Waals surface area contributed by atoms with E-state index in [0.29, 0.717) is 31.9 Å². The van der Waals surface area contributed by atoms with Gasteiger partial charge < -0.3 is 9.84 Å². The van der Waals surface area contributed by atoms with Crippen molar-refractivity contribution in [3.63, 3.8) is 0 Å². The second-order valence-electron chi connectivity index (χ2n) is 7.32. The molecule has 32 heavy (non-hydrogen) atoms. The maximum atomic E-state index is 13.0. The zero-order valence-electron chi connectivity index (χ0n) is 16.8. The normalized spacial score (nSPS) is 12.3. The molecule has 0 amide bonds. The van der Waals surface area contributed by atoms with Crippen molar-refractivity contribution in [2.45, 2.75) is 19.3 Å². The van der Waals surface area contributed by atoms with E-state index in [-0.39, 0.29) is 18.6 Å². The van der Waals surface area contributed by atoms with E-state index in [1.807, 2.05) is 48.5 Å². The smallest absolute Gasteiger partial charge is 0.197 e. The molecule has 0 saturated heterocycles. The van der Waals surface area contributed by atoms with E-state index in [1.165, 1.54) is 11.3 Å². The molecule has 2 aromatic heterocycles. The number of hydrogen-bond donors (Lipinski definition) is 1. The molecule has 0 aliphatic carbocycles. The first-order valence-corrected chi connectivity index (χ1v) is 11.2. The van der Waals surface area contributed by atoms with Gasteiger partial charge in [-0.25, -0.2) is 4.68 Å². The molecule has 1 N–H and O–H groups in total. The molecule has 3 aromatic carbocycles. The molecule has 5 rings (SSSR count). The number of ether oxygens (including phenoxy) is 1. The summed E-state index contributed by atoms with van der Waals surface area (Å²) in [5.74, 6) is 0.566. The molecule has 0 bridgehead atoms. The molecule has 160 valence electrons. The van der Waals surface area contributed by atoms with Crippen molar-refractivity contribution < 1.29 is 9.84 Å². The Balaban J connectivity index is 1.38. The van der Waals surface area contributed by atoms with Crippen LogP contribution in [0.1, 0.15) is 17.4 Å². The number of rotatable bonds is 6. The third-order valence-corrected chi connectivity index (χ3v) is 6.65. The summed E-state index contributed by atoms with van der Waals surface area (Å²) in [5, 5.41) is 20.1. The SMILES string of the molecule is O=c1c2ccccc2sc2c(OCc3cn(CC(O)c4ccccc4)nn3)ccc(Cl)c12. The first-order chi connectivity index (χ1) is 15.6. The number of aromatic nitrogens is 3. The van der Waals surface area contributed by atoms with Gasteiger partial charge >= 0.3 is 0 Å². The van der Waals surface area contributed by atoms with Gasteiger partial charge in [0, 0.05) is 10.1 Å². The highest BCUT2D eigenvalue weighted by atomic mass is 35.5. The van der Waals surface area contributed by atoms with Gasteiger partial charge in [-0.15, -0.1) is 16.4 Å². The van der Waals surface area contributed by atoms with E-state index in [9.17, 15) is 9.90 Å². The monoisotopic (exact) mass is 463 g/mol. The molecule has 8 heteroatoms. The Labute approximate surface area is 192 Å². The molecule has 1 unspecified atom stereocenters. The summed E-state index contributed by atoms with van der Waals surface area (Å²) >= 11 is 7.82. The summed E-state index contributed by atoms with van der Waals surface area (Å²) in [6.07, 6.45) is 1.06. The van der Waals surface area contributed by atoms with Crippen LogP contribution in [0, 0.1) is 0 Å². The van der Waals surface area contributed by atoms with Crippen molar-refractivity contribution in [1.82, 2.24) is 15.0 Å². The number of fused-ring (bicyclic) bond motifs is 2. The molecule has 6 nitrogen and oxygen atoms in total. The Kier molecular flexibility index (Phi) is 5.61. The molecule has 0 saturated carbocycles. The molecule has 1 atom stereocenters. The lowest BCUT2D eigenvalue weighted by Gasteiger charge is -2.10. The van der Waals surface area contributed by atoms with Gasteiger partial charge in [-0.2, -0.15) is 0 Å². The lowest BCUT2D eigenvalue weighted by molar-refractivity contribution is 0.150. The van der Waals surface area contributed by atoms with E-state index in [0.717, 1.165) is 10.3 Å². The lowest BCUT2D eigenvalue weighted by Crippen LogP contribution is -2.09. The van der Waals surface area contributed by atoms with Crippen LogP contribution in [-0.2, 0) is 13.2 Å². The predicted molar refractivity (Wildman–Crippen MR) is 126 cm³/mol. The average molecular weight is 464 g/mol. The molecule has 0 aliphatic heterocycles. The molecule has 0 aliphatic rings. The second-order valence-corrected chi connectivity index (χ2v) is 8.78. The zero-order valence-corrected chi connectivity index (χ0v) is 18.4. The van der Waals surface area contributed by atoms with Crippen LogP contribution in [0.2, 0.25) is 5.02 Å². The average Bonchev–Trinajstić information content (AvgIpc) is 3.26. The first-order valence-electron chi connectivity index (χ1n) is 9.99. The Morgan fingerprint density at radius 1 is 1.06 bits per heavy atom. The highest BCUT2D eigenvalue weighted by Crippen LogP contribution is 2.36. The summed E-state index contributed by atoms with van der Waals surface area (Å²) in [5.41, 5.74) is 1.32. The van der Waals surface area contributed by atoms with Crippen LogP contribution in [-0.4, -0.2) is 20.1 Å². The van der Waals surface area contributed by atoms with Gasteiger partial charge in [0.05, 0.1) is 34.0 Å². The maximum Gasteiger partial charge on any atom is 0.197 e. The van der Waals surface area contributed by atoms with Gasteiger partial charge in [-0.1, -0.05) is 59.3 Å². The summed E-state index contributed by atoms with van der Waals surface area (Å²) in [6.45, 7) is 0.459. The summed E-state index contributed by atoms with van der Waals surface area (Å²) in [4.78, 5) is 13.0. The van der Waals surface area contributed by atoms with Crippen LogP contribution in [0.15, 0.2) is 77.7 Å². The number of benzene rings is 3. The molecule has 0 spiro atoms. The first kappa shape index (κ1) is 20.6. The molecule has 2 heterocycles. The van der Waals surface area contributed by atoms with Crippen molar-refractivity contribution in [2.24, 2.45) is 0 Å². The highest BCUT2D eigenvalue weighted by Gasteiger charge is 2.15. The highest BCUT2D eigenvalue weighted by molar-refractivity contribution is 7.25. The van der Waals surface area contributed by atoms with Crippen LogP contribution in [0.5, 0.6) is 5.75 Å². The van der Waals surface area contributed by atoms with E-state index >= 15 is 0 Å². The number of halogens is 1. The quantitative estimate of drug-likeness (QED) is 0.360. The van der Waals surface area contributed by atoms with Crippen molar-refractivity contribution in [3.05, 3.63) is 99.4 Å². The van der Waals surface area contributed by atoms with Crippen molar-refractivity contribution in [3.8, 4) is 5.75 Å². The fourth-order valence-electron chi connectivity index (χ4n) is 3.56. The summed E-state index contributed by atoms with van der Waals surface area (Å²) in [6, 6.07) is 20.3. The van der Waals surface area contributed by atoms with Crippen molar-refractivity contribution in [1.29, 1.82) is 0 Å². The second kappa shape index (κ2) is 8.70. The minimum Gasteiger partial charge on any atom is -0.486 e. The van der Waals surface area contributed by atoms with Gasteiger partial charge in [0.1, 0.15) is 18.1 Å². The molecule has 0 fully saturated rings. The summed E-state index contributed by atoms with van der Waals surface area (Å²) in [7, 11) is 0. The predicted octanol–water partition coefficient (Wildman–Crippen LogP) is 4.97. The molecular formula is C24H18ClN3O3S. The number of hydrogen-bond acceptors (Lipinski definition) is 6. The van der Waals surface area contributed by atoms with E-state index < -0.39 is 6.10 Å². The van der Waals surface area contributed by atoms with Gasteiger partial charge in [0.2, 0.25) is 0 Å². The number of nitrogens with zero attached hydrogens (tertiary/aromatic N) is 3. The Morgan fingerprint density at radius 2 is 1.84 bits per heavy atom. The minimum absolute atomic E-state index is 0.106. The van der Waals surface area contributed by atoms with E-state index in [2.05, 4.69) is 10.3 Å². The van der Waals surface area contributed by atoms with Gasteiger partial charge in [0.25, 0.3) is 0 Å². The largest absolute Gasteiger partial charge is 0.486 e. The maximum absolute atomic E-state index is 13.0. The molecular weight excluding hydrogens is 446 g/mol. The Morgan fingerprint density at radius 3 is 2.69 bits per heavy atom. The van der Waals surface area contributed by atoms with Gasteiger partial charge in [-0.05, 0) is 29.8 Å². The van der Waals surface area contributed by atoms with Crippen LogP contribution >= 0.6 is 22.9 Å². The Bertz CT molecular complexity index is 1470. The van der Waals surface area contributed by atoms with Crippen molar-refractivity contribution in [2.75, 3.05) is 0 Å². The third kappa shape index (κ3) is 3.98. The standard InChI is InChI=1S/C24H18ClN3O3S/c25-18-10-11-20(24-22(18)23(30)17-8-4-5-9-21(17)32-24)31-14-16-12-28(27-26-16)13-19(29)15-6-2-1-3-7-15/h1-12,19,29H,13-14H2. The Hall–Kier alpha value is -3.26. The fourth-order valence-corrected chi connectivity index (χ4v) is 5.03. The van der Waals surface area contributed by atoms with E-state index in [1.54, 1.807) is 29.1 Å². The number of aliphatic hydroxyl groups is 1. The third-order valence-electron chi connectivity index (χ3n) is 5.15. The molecule has 0 radical (unpaired) electrons.